The molecule has 0 aliphatic carbocycles. The molecule has 2 aromatic rings. The van der Waals surface area contributed by atoms with Crippen LogP contribution in [0.2, 0.25) is 10.0 Å². The molecule has 0 spiro atoms. The Labute approximate surface area is 165 Å². The Kier molecular flexibility index (Phi) is 7.76. The van der Waals surface area contributed by atoms with Gasteiger partial charge < -0.3 is 10.1 Å². The SMILES string of the molecule is CCN(CC)C(CNC(=O)c1ccc(Cl)cc1Cl)c1cccc(OC)c1. The maximum Gasteiger partial charge on any atom is 0.252 e. The van der Waals surface area contributed by atoms with E-state index in [1.54, 1.807) is 25.3 Å². The number of hydrogen-bond acceptors (Lipinski definition) is 3. The lowest BCUT2D eigenvalue weighted by atomic mass is 10.0. The summed E-state index contributed by atoms with van der Waals surface area (Å²) in [5.74, 6) is 0.582. The molecule has 0 saturated heterocycles. The van der Waals surface area contributed by atoms with Crippen LogP contribution in [-0.2, 0) is 0 Å². The van der Waals surface area contributed by atoms with Gasteiger partial charge in [-0.1, -0.05) is 49.2 Å². The second-order valence-corrected chi connectivity index (χ2v) is 6.69. The zero-order valence-corrected chi connectivity index (χ0v) is 16.8. The fraction of sp³-hybridized carbons (Fsp3) is 0.350. The van der Waals surface area contributed by atoms with Gasteiger partial charge in [0.15, 0.2) is 0 Å². The Balaban J connectivity index is 2.19. The molecule has 0 aliphatic heterocycles. The minimum atomic E-state index is -0.216. The van der Waals surface area contributed by atoms with Crippen LogP contribution < -0.4 is 10.1 Å². The molecule has 0 aliphatic rings. The van der Waals surface area contributed by atoms with E-state index in [0.29, 0.717) is 22.2 Å². The first-order chi connectivity index (χ1) is 12.5. The highest BCUT2D eigenvalue weighted by molar-refractivity contribution is 6.36. The third-order valence-electron chi connectivity index (χ3n) is 4.36. The second-order valence-electron chi connectivity index (χ2n) is 5.85. The van der Waals surface area contributed by atoms with E-state index >= 15 is 0 Å². The molecule has 1 N–H and O–H groups in total. The van der Waals surface area contributed by atoms with E-state index < -0.39 is 0 Å². The number of nitrogens with zero attached hydrogens (tertiary/aromatic N) is 1. The molecule has 6 heteroatoms. The number of carbonyl (C=O) groups excluding carboxylic acids is 1. The molecule has 2 aromatic carbocycles. The van der Waals surface area contributed by atoms with Crippen molar-refractivity contribution in [2.75, 3.05) is 26.7 Å². The maximum absolute atomic E-state index is 12.6. The van der Waals surface area contributed by atoms with Crippen LogP contribution in [0.25, 0.3) is 0 Å². The van der Waals surface area contributed by atoms with Gasteiger partial charge in [0.2, 0.25) is 0 Å². The third-order valence-corrected chi connectivity index (χ3v) is 4.91. The Morgan fingerprint density at radius 3 is 2.50 bits per heavy atom. The Hall–Kier alpha value is -1.75. The predicted molar refractivity (Wildman–Crippen MR) is 107 cm³/mol. The lowest BCUT2D eigenvalue weighted by Gasteiger charge is -2.30. The number of nitrogens with one attached hydrogen (secondary N) is 1. The summed E-state index contributed by atoms with van der Waals surface area (Å²) in [5, 5.41) is 3.84. The monoisotopic (exact) mass is 394 g/mol. The zero-order chi connectivity index (χ0) is 19.1. The van der Waals surface area contributed by atoms with Crippen LogP contribution in [-0.4, -0.2) is 37.6 Å². The minimum Gasteiger partial charge on any atom is -0.497 e. The number of ether oxygens (including phenoxy) is 1. The normalized spacial score (nSPS) is 12.1. The summed E-state index contributed by atoms with van der Waals surface area (Å²) >= 11 is 12.0. The first kappa shape index (κ1) is 20.6. The van der Waals surface area contributed by atoms with Gasteiger partial charge in [-0.25, -0.2) is 0 Å². The molecular weight excluding hydrogens is 371 g/mol. The zero-order valence-electron chi connectivity index (χ0n) is 15.3. The van der Waals surface area contributed by atoms with E-state index in [4.69, 9.17) is 27.9 Å². The number of rotatable bonds is 8. The first-order valence-electron chi connectivity index (χ1n) is 8.61. The molecule has 140 valence electrons. The van der Waals surface area contributed by atoms with E-state index in [-0.39, 0.29) is 11.9 Å². The topological polar surface area (TPSA) is 41.6 Å². The summed E-state index contributed by atoms with van der Waals surface area (Å²) in [6, 6.07) is 12.8. The lowest BCUT2D eigenvalue weighted by Crippen LogP contribution is -2.38. The molecule has 0 bridgehead atoms. The largest absolute Gasteiger partial charge is 0.497 e. The smallest absolute Gasteiger partial charge is 0.252 e. The van der Waals surface area contributed by atoms with Gasteiger partial charge in [0.05, 0.1) is 23.7 Å². The van der Waals surface area contributed by atoms with Gasteiger partial charge in [0, 0.05) is 11.6 Å². The summed E-state index contributed by atoms with van der Waals surface area (Å²) in [6.45, 7) is 6.42. The standard InChI is InChI=1S/C20H24Cl2N2O2/c1-4-24(5-2)19(14-7-6-8-16(11-14)26-3)13-23-20(25)17-10-9-15(21)12-18(17)22/h6-12,19H,4-5,13H2,1-3H3,(H,23,25). The highest BCUT2D eigenvalue weighted by Crippen LogP contribution is 2.25. The molecule has 4 nitrogen and oxygen atoms in total. The minimum absolute atomic E-state index is 0.0372. The molecule has 0 saturated carbocycles. The number of carbonyl (C=O) groups is 1. The van der Waals surface area contributed by atoms with Crippen molar-refractivity contribution in [2.45, 2.75) is 19.9 Å². The van der Waals surface area contributed by atoms with Crippen LogP contribution in [0, 0.1) is 0 Å². The van der Waals surface area contributed by atoms with E-state index in [1.165, 1.54) is 0 Å². The fourth-order valence-corrected chi connectivity index (χ4v) is 3.42. The van der Waals surface area contributed by atoms with Crippen molar-refractivity contribution < 1.29 is 9.53 Å². The molecule has 26 heavy (non-hydrogen) atoms. The van der Waals surface area contributed by atoms with Gasteiger partial charge in [-0.3, -0.25) is 9.69 Å². The van der Waals surface area contributed by atoms with Crippen molar-refractivity contribution in [1.82, 2.24) is 10.2 Å². The Morgan fingerprint density at radius 2 is 1.88 bits per heavy atom. The van der Waals surface area contributed by atoms with Crippen LogP contribution in [0.1, 0.15) is 35.8 Å². The number of halogens is 2. The fourth-order valence-electron chi connectivity index (χ4n) is 2.93. The molecule has 0 aromatic heterocycles. The van der Waals surface area contributed by atoms with E-state index in [2.05, 4.69) is 24.1 Å². The van der Waals surface area contributed by atoms with E-state index in [1.807, 2.05) is 24.3 Å². The van der Waals surface area contributed by atoms with Crippen molar-refractivity contribution in [3.8, 4) is 5.75 Å². The number of amides is 1. The van der Waals surface area contributed by atoms with Crippen LogP contribution in [0.15, 0.2) is 42.5 Å². The average Bonchev–Trinajstić information content (AvgIpc) is 2.65. The van der Waals surface area contributed by atoms with Gasteiger partial charge in [-0.15, -0.1) is 0 Å². The summed E-state index contributed by atoms with van der Waals surface area (Å²) in [7, 11) is 1.65. The van der Waals surface area contributed by atoms with Crippen LogP contribution >= 0.6 is 23.2 Å². The Bertz CT molecular complexity index is 748. The van der Waals surface area contributed by atoms with E-state index in [9.17, 15) is 4.79 Å². The molecule has 0 fully saturated rings. The van der Waals surface area contributed by atoms with Crippen molar-refractivity contribution in [2.24, 2.45) is 0 Å². The molecule has 1 atom stereocenters. The molecule has 0 heterocycles. The van der Waals surface area contributed by atoms with Gasteiger partial charge in [-0.05, 0) is 49.0 Å². The third kappa shape index (κ3) is 5.13. The summed E-state index contributed by atoms with van der Waals surface area (Å²) in [6.07, 6.45) is 0. The molecule has 0 radical (unpaired) electrons. The van der Waals surface area contributed by atoms with E-state index in [0.717, 1.165) is 24.4 Å². The van der Waals surface area contributed by atoms with Crippen LogP contribution in [0.4, 0.5) is 0 Å². The highest BCUT2D eigenvalue weighted by Gasteiger charge is 2.20. The van der Waals surface area contributed by atoms with Gasteiger partial charge >= 0.3 is 0 Å². The number of methoxy groups -OCH3 is 1. The van der Waals surface area contributed by atoms with Gasteiger partial charge in [0.25, 0.3) is 5.91 Å². The molecule has 2 rings (SSSR count). The molecular formula is C20H24Cl2N2O2. The van der Waals surface area contributed by atoms with Crippen molar-refractivity contribution in [3.63, 3.8) is 0 Å². The van der Waals surface area contributed by atoms with Crippen molar-refractivity contribution in [1.29, 1.82) is 0 Å². The highest BCUT2D eigenvalue weighted by atomic mass is 35.5. The first-order valence-corrected chi connectivity index (χ1v) is 9.37. The van der Waals surface area contributed by atoms with Crippen LogP contribution in [0.5, 0.6) is 5.75 Å². The summed E-state index contributed by atoms with van der Waals surface area (Å²) < 4.78 is 5.34. The average molecular weight is 395 g/mol. The van der Waals surface area contributed by atoms with Crippen molar-refractivity contribution >= 4 is 29.1 Å². The van der Waals surface area contributed by atoms with Crippen molar-refractivity contribution in [3.05, 3.63) is 63.6 Å². The number of benzene rings is 2. The van der Waals surface area contributed by atoms with Gasteiger partial charge in [0.1, 0.15) is 5.75 Å². The molecule has 1 unspecified atom stereocenters. The maximum atomic E-state index is 12.6. The second kappa shape index (κ2) is 9.81. The number of hydrogen-bond donors (Lipinski definition) is 1. The summed E-state index contributed by atoms with van der Waals surface area (Å²) in [4.78, 5) is 14.8. The van der Waals surface area contributed by atoms with Gasteiger partial charge in [-0.2, -0.15) is 0 Å². The number of likely N-dealkylation sites (N-methyl/N-ethyl adjacent to an activating group) is 1. The predicted octanol–water partition coefficient (Wildman–Crippen LogP) is 4.81. The van der Waals surface area contributed by atoms with Crippen LogP contribution in [0.3, 0.4) is 0 Å². The Morgan fingerprint density at radius 1 is 1.15 bits per heavy atom. The quantitative estimate of drug-likeness (QED) is 0.697. The lowest BCUT2D eigenvalue weighted by molar-refractivity contribution is 0.0935. The summed E-state index contributed by atoms with van der Waals surface area (Å²) in [5.41, 5.74) is 1.51. The molecule has 1 amide bonds.